The van der Waals surface area contributed by atoms with E-state index in [-0.39, 0.29) is 30.8 Å². The molecule has 4 amide bonds. The van der Waals surface area contributed by atoms with Crippen molar-refractivity contribution in [2.75, 3.05) is 18.5 Å². The van der Waals surface area contributed by atoms with Gasteiger partial charge in [-0.3, -0.25) is 14.5 Å². The van der Waals surface area contributed by atoms with Crippen LogP contribution >= 0.6 is 0 Å². The number of para-hydroxylation sites is 2. The van der Waals surface area contributed by atoms with E-state index < -0.39 is 5.54 Å². The van der Waals surface area contributed by atoms with E-state index in [0.29, 0.717) is 30.9 Å². The Morgan fingerprint density at radius 3 is 2.70 bits per heavy atom. The second-order valence-corrected chi connectivity index (χ2v) is 7.17. The van der Waals surface area contributed by atoms with Crippen molar-refractivity contribution in [3.8, 4) is 5.75 Å². The minimum absolute atomic E-state index is 0.0529. The van der Waals surface area contributed by atoms with Crippen LogP contribution in [0.1, 0.15) is 51.9 Å². The maximum atomic E-state index is 12.7. The van der Waals surface area contributed by atoms with Crippen molar-refractivity contribution >= 4 is 23.5 Å². The van der Waals surface area contributed by atoms with Gasteiger partial charge in [-0.25, -0.2) is 4.79 Å². The van der Waals surface area contributed by atoms with Crippen LogP contribution < -0.4 is 15.4 Å². The fourth-order valence-corrected chi connectivity index (χ4v) is 3.71. The molecule has 1 heterocycles. The summed E-state index contributed by atoms with van der Waals surface area (Å²) in [5.74, 6) is 0.170. The summed E-state index contributed by atoms with van der Waals surface area (Å²) < 4.78 is 5.63. The van der Waals surface area contributed by atoms with Gasteiger partial charge in [-0.1, -0.05) is 38.3 Å². The molecule has 1 aromatic carbocycles. The first kappa shape index (κ1) is 19.2. The lowest BCUT2D eigenvalue weighted by Gasteiger charge is -2.30. The highest BCUT2D eigenvalue weighted by atomic mass is 16.5. The standard InChI is InChI=1S/C20H27N3O4/c1-2-14-27-16-9-5-4-8-15(16)21-17(24)10-13-23-18(25)20(22-19(23)26)11-6-3-7-12-20/h4-5,8-9H,2-3,6-7,10-14H2,1H3,(H,21,24)(H,22,26). The number of nitrogens with zero attached hydrogens (tertiary/aromatic N) is 1. The molecule has 0 unspecified atom stereocenters. The van der Waals surface area contributed by atoms with Crippen LogP contribution in [0.2, 0.25) is 0 Å². The lowest BCUT2D eigenvalue weighted by atomic mass is 9.82. The summed E-state index contributed by atoms with van der Waals surface area (Å²) in [7, 11) is 0. The number of carbonyl (C=O) groups excluding carboxylic acids is 3. The van der Waals surface area contributed by atoms with Crippen molar-refractivity contribution in [1.29, 1.82) is 0 Å². The number of carbonyl (C=O) groups is 3. The Morgan fingerprint density at radius 1 is 1.22 bits per heavy atom. The number of hydrogen-bond donors (Lipinski definition) is 2. The smallest absolute Gasteiger partial charge is 0.325 e. The van der Waals surface area contributed by atoms with E-state index in [0.717, 1.165) is 25.7 Å². The number of urea groups is 1. The lowest BCUT2D eigenvalue weighted by molar-refractivity contribution is -0.132. The van der Waals surface area contributed by atoms with Gasteiger partial charge in [-0.15, -0.1) is 0 Å². The van der Waals surface area contributed by atoms with Crippen LogP contribution in [0, 0.1) is 0 Å². The second-order valence-electron chi connectivity index (χ2n) is 7.17. The molecule has 1 aromatic rings. The van der Waals surface area contributed by atoms with E-state index in [2.05, 4.69) is 10.6 Å². The first-order valence-corrected chi connectivity index (χ1v) is 9.71. The molecule has 0 atom stereocenters. The van der Waals surface area contributed by atoms with Crippen LogP contribution in [-0.2, 0) is 9.59 Å². The lowest BCUT2D eigenvalue weighted by Crippen LogP contribution is -2.48. The first-order chi connectivity index (χ1) is 13.1. The molecule has 1 aliphatic heterocycles. The maximum absolute atomic E-state index is 12.7. The van der Waals surface area contributed by atoms with E-state index in [4.69, 9.17) is 4.74 Å². The zero-order valence-corrected chi connectivity index (χ0v) is 15.8. The van der Waals surface area contributed by atoms with Gasteiger partial charge in [0, 0.05) is 13.0 Å². The number of imide groups is 1. The number of benzene rings is 1. The van der Waals surface area contributed by atoms with E-state index in [1.165, 1.54) is 4.90 Å². The SMILES string of the molecule is CCCOc1ccccc1NC(=O)CCN1C(=O)NC2(CCCCC2)C1=O. The Kier molecular flexibility index (Phi) is 5.98. The minimum atomic E-state index is -0.744. The molecular weight excluding hydrogens is 346 g/mol. The molecule has 1 spiro atoms. The van der Waals surface area contributed by atoms with Crippen molar-refractivity contribution in [3.63, 3.8) is 0 Å². The molecule has 0 radical (unpaired) electrons. The van der Waals surface area contributed by atoms with Crippen molar-refractivity contribution in [2.24, 2.45) is 0 Å². The average Bonchev–Trinajstić information content (AvgIpc) is 2.89. The van der Waals surface area contributed by atoms with Gasteiger partial charge in [0.05, 0.1) is 12.3 Å². The van der Waals surface area contributed by atoms with Gasteiger partial charge < -0.3 is 15.4 Å². The molecule has 3 rings (SSSR count). The van der Waals surface area contributed by atoms with Crippen molar-refractivity contribution in [1.82, 2.24) is 10.2 Å². The summed E-state index contributed by atoms with van der Waals surface area (Å²) in [6, 6.07) is 6.85. The van der Waals surface area contributed by atoms with Crippen LogP contribution in [0.3, 0.4) is 0 Å². The zero-order valence-electron chi connectivity index (χ0n) is 15.8. The molecule has 0 aromatic heterocycles. The number of rotatable bonds is 7. The average molecular weight is 373 g/mol. The summed E-state index contributed by atoms with van der Waals surface area (Å²) >= 11 is 0. The summed E-state index contributed by atoms with van der Waals surface area (Å²) in [4.78, 5) is 38.5. The summed E-state index contributed by atoms with van der Waals surface area (Å²) in [6.45, 7) is 2.66. The normalized spacial score (nSPS) is 18.5. The molecule has 2 fully saturated rings. The van der Waals surface area contributed by atoms with Crippen LogP contribution in [0.15, 0.2) is 24.3 Å². The number of nitrogens with one attached hydrogen (secondary N) is 2. The van der Waals surface area contributed by atoms with Gasteiger partial charge in [0.25, 0.3) is 5.91 Å². The third-order valence-electron chi connectivity index (χ3n) is 5.14. The Morgan fingerprint density at radius 2 is 1.96 bits per heavy atom. The highest BCUT2D eigenvalue weighted by Crippen LogP contribution is 2.33. The number of amides is 4. The summed E-state index contributed by atoms with van der Waals surface area (Å²) in [5, 5.41) is 5.67. The first-order valence-electron chi connectivity index (χ1n) is 9.71. The highest BCUT2D eigenvalue weighted by Gasteiger charge is 2.51. The molecule has 27 heavy (non-hydrogen) atoms. The Hall–Kier alpha value is -2.57. The number of ether oxygens (including phenoxy) is 1. The summed E-state index contributed by atoms with van der Waals surface area (Å²) in [5.41, 5.74) is -0.149. The van der Waals surface area contributed by atoms with Gasteiger partial charge in [-0.2, -0.15) is 0 Å². The predicted octanol–water partition coefficient (Wildman–Crippen LogP) is 3.06. The fraction of sp³-hybridized carbons (Fsp3) is 0.550. The van der Waals surface area contributed by atoms with Gasteiger partial charge in [0.15, 0.2) is 0 Å². The molecular formula is C20H27N3O4. The van der Waals surface area contributed by atoms with Crippen LogP contribution in [0.4, 0.5) is 10.5 Å². The van der Waals surface area contributed by atoms with Gasteiger partial charge in [0.1, 0.15) is 11.3 Å². The van der Waals surface area contributed by atoms with E-state index >= 15 is 0 Å². The maximum Gasteiger partial charge on any atom is 0.325 e. The quantitative estimate of drug-likeness (QED) is 0.719. The Balaban J connectivity index is 1.57. The van der Waals surface area contributed by atoms with Crippen LogP contribution in [-0.4, -0.2) is 41.4 Å². The molecule has 1 saturated heterocycles. The van der Waals surface area contributed by atoms with Gasteiger partial charge in [0.2, 0.25) is 5.91 Å². The number of hydrogen-bond acceptors (Lipinski definition) is 4. The molecule has 1 saturated carbocycles. The molecule has 7 nitrogen and oxygen atoms in total. The highest BCUT2D eigenvalue weighted by molar-refractivity contribution is 6.07. The molecule has 7 heteroatoms. The van der Waals surface area contributed by atoms with Crippen LogP contribution in [0.5, 0.6) is 5.75 Å². The van der Waals surface area contributed by atoms with Crippen LogP contribution in [0.25, 0.3) is 0 Å². The Bertz CT molecular complexity index is 713. The van der Waals surface area contributed by atoms with E-state index in [1.807, 2.05) is 19.1 Å². The van der Waals surface area contributed by atoms with Crippen molar-refractivity contribution in [2.45, 2.75) is 57.4 Å². The zero-order chi connectivity index (χ0) is 19.3. The monoisotopic (exact) mass is 373 g/mol. The minimum Gasteiger partial charge on any atom is -0.491 e. The second kappa shape index (κ2) is 8.41. The predicted molar refractivity (Wildman–Crippen MR) is 102 cm³/mol. The molecule has 146 valence electrons. The molecule has 0 bridgehead atoms. The number of anilines is 1. The molecule has 1 aliphatic carbocycles. The Labute approximate surface area is 159 Å². The van der Waals surface area contributed by atoms with E-state index in [9.17, 15) is 14.4 Å². The third-order valence-corrected chi connectivity index (χ3v) is 5.14. The largest absolute Gasteiger partial charge is 0.491 e. The van der Waals surface area contributed by atoms with Gasteiger partial charge >= 0.3 is 6.03 Å². The van der Waals surface area contributed by atoms with Crippen molar-refractivity contribution in [3.05, 3.63) is 24.3 Å². The fourth-order valence-electron chi connectivity index (χ4n) is 3.71. The third kappa shape index (κ3) is 4.23. The molecule has 2 aliphatic rings. The van der Waals surface area contributed by atoms with Crippen molar-refractivity contribution < 1.29 is 19.1 Å². The summed E-state index contributed by atoms with van der Waals surface area (Å²) in [6.07, 6.45) is 5.26. The van der Waals surface area contributed by atoms with E-state index in [1.54, 1.807) is 12.1 Å². The topological polar surface area (TPSA) is 87.7 Å². The molecule has 2 N–H and O–H groups in total. The van der Waals surface area contributed by atoms with Gasteiger partial charge in [-0.05, 0) is 31.4 Å².